The topological polar surface area (TPSA) is 41.5 Å². The fraction of sp³-hybridized carbons (Fsp3) is 0.333. The molecule has 3 nitrogen and oxygen atoms in total. The van der Waals surface area contributed by atoms with Crippen LogP contribution in [-0.4, -0.2) is 11.7 Å². The van der Waals surface area contributed by atoms with E-state index < -0.39 is 0 Å². The molecule has 0 radical (unpaired) electrons. The number of aliphatic hydroxyl groups is 1. The number of benzene rings is 2. The summed E-state index contributed by atoms with van der Waals surface area (Å²) in [5, 5.41) is 12.4. The zero-order chi connectivity index (χ0) is 15.1. The molecule has 0 aromatic heterocycles. The van der Waals surface area contributed by atoms with Crippen molar-refractivity contribution in [3.8, 4) is 5.75 Å². The molecule has 0 fully saturated rings. The van der Waals surface area contributed by atoms with Crippen molar-refractivity contribution in [1.82, 2.24) is 5.32 Å². The number of hydrogen-bond acceptors (Lipinski definition) is 3. The molecular weight excluding hydrogens is 262 g/mol. The van der Waals surface area contributed by atoms with Crippen molar-refractivity contribution in [2.24, 2.45) is 0 Å². The van der Waals surface area contributed by atoms with E-state index in [2.05, 4.69) is 31.3 Å². The molecular formula is C18H23NO2. The number of ether oxygens (including phenoxy) is 1. The van der Waals surface area contributed by atoms with Crippen LogP contribution >= 0.6 is 0 Å². The Kier molecular flexibility index (Phi) is 5.78. The van der Waals surface area contributed by atoms with Gasteiger partial charge in [0.15, 0.2) is 0 Å². The molecule has 3 heteroatoms. The fourth-order valence-electron chi connectivity index (χ4n) is 2.18. The van der Waals surface area contributed by atoms with E-state index >= 15 is 0 Å². The molecule has 0 saturated heterocycles. The molecule has 2 N–H and O–H groups in total. The van der Waals surface area contributed by atoms with Gasteiger partial charge in [0, 0.05) is 6.04 Å². The van der Waals surface area contributed by atoms with Crippen LogP contribution in [0.15, 0.2) is 48.5 Å². The average molecular weight is 285 g/mol. The summed E-state index contributed by atoms with van der Waals surface area (Å²) in [5.41, 5.74) is 3.27. The number of nitrogens with one attached hydrogen (secondary N) is 1. The number of hydrogen-bond donors (Lipinski definition) is 2. The third-order valence-corrected chi connectivity index (χ3v) is 3.50. The van der Waals surface area contributed by atoms with E-state index in [1.807, 2.05) is 36.4 Å². The third kappa shape index (κ3) is 4.59. The lowest BCUT2D eigenvalue weighted by Gasteiger charge is -2.13. The molecule has 2 aromatic carbocycles. The molecule has 0 heterocycles. The van der Waals surface area contributed by atoms with Gasteiger partial charge in [0.25, 0.3) is 0 Å². The lowest BCUT2D eigenvalue weighted by atomic mass is 10.1. The number of rotatable bonds is 7. The summed E-state index contributed by atoms with van der Waals surface area (Å²) < 4.78 is 5.78. The highest BCUT2D eigenvalue weighted by molar-refractivity contribution is 5.29. The highest BCUT2D eigenvalue weighted by atomic mass is 16.5. The Labute approximate surface area is 126 Å². The van der Waals surface area contributed by atoms with E-state index in [-0.39, 0.29) is 6.61 Å². The zero-order valence-corrected chi connectivity index (χ0v) is 12.7. The summed E-state index contributed by atoms with van der Waals surface area (Å²) in [5.74, 6) is 0.869. The van der Waals surface area contributed by atoms with Gasteiger partial charge in [0.05, 0.1) is 6.61 Å². The molecule has 0 aliphatic carbocycles. The van der Waals surface area contributed by atoms with Crippen molar-refractivity contribution in [2.45, 2.75) is 33.1 Å². The summed E-state index contributed by atoms with van der Waals surface area (Å²) in [7, 11) is 0. The second-order valence-electron chi connectivity index (χ2n) is 5.11. The summed E-state index contributed by atoms with van der Waals surface area (Å²) in [4.78, 5) is 0. The van der Waals surface area contributed by atoms with Crippen LogP contribution in [0.3, 0.4) is 0 Å². The molecule has 0 spiro atoms. The van der Waals surface area contributed by atoms with Gasteiger partial charge in [-0.1, -0.05) is 43.3 Å². The Morgan fingerprint density at radius 1 is 1.00 bits per heavy atom. The molecule has 0 aliphatic heterocycles. The molecule has 1 unspecified atom stereocenters. The third-order valence-electron chi connectivity index (χ3n) is 3.50. The van der Waals surface area contributed by atoms with Gasteiger partial charge in [-0.05, 0) is 42.3 Å². The summed E-state index contributed by atoms with van der Waals surface area (Å²) in [6, 6.07) is 16.3. The van der Waals surface area contributed by atoms with Crippen LogP contribution in [0.5, 0.6) is 5.75 Å². The molecule has 112 valence electrons. The standard InChI is InChI=1S/C18H23NO2/c1-3-19-14(2)17-8-10-18(11-9-17)21-13-16-6-4-15(12-20)5-7-16/h4-11,14,19-20H,3,12-13H2,1-2H3. The molecule has 0 amide bonds. The molecule has 0 bridgehead atoms. The van der Waals surface area contributed by atoms with Gasteiger partial charge in [0.1, 0.15) is 12.4 Å². The first kappa shape index (κ1) is 15.5. The summed E-state index contributed by atoms with van der Waals surface area (Å²) in [6.45, 7) is 5.84. The molecule has 0 saturated carbocycles. The van der Waals surface area contributed by atoms with E-state index in [1.54, 1.807) is 0 Å². The monoisotopic (exact) mass is 285 g/mol. The summed E-state index contributed by atoms with van der Waals surface area (Å²) in [6.07, 6.45) is 0. The molecule has 0 aliphatic rings. The maximum atomic E-state index is 9.01. The van der Waals surface area contributed by atoms with Crippen LogP contribution in [0.2, 0.25) is 0 Å². The van der Waals surface area contributed by atoms with E-state index in [0.29, 0.717) is 12.6 Å². The largest absolute Gasteiger partial charge is 0.489 e. The predicted octanol–water partition coefficient (Wildman–Crippen LogP) is 3.43. The van der Waals surface area contributed by atoms with Crippen LogP contribution in [0.1, 0.15) is 36.6 Å². The van der Waals surface area contributed by atoms with Gasteiger partial charge in [0.2, 0.25) is 0 Å². The Morgan fingerprint density at radius 3 is 2.19 bits per heavy atom. The van der Waals surface area contributed by atoms with E-state index in [1.165, 1.54) is 5.56 Å². The zero-order valence-electron chi connectivity index (χ0n) is 12.7. The minimum absolute atomic E-state index is 0.0760. The Hall–Kier alpha value is -1.84. The molecule has 21 heavy (non-hydrogen) atoms. The number of aliphatic hydroxyl groups excluding tert-OH is 1. The van der Waals surface area contributed by atoms with Gasteiger partial charge < -0.3 is 15.2 Å². The average Bonchev–Trinajstić information content (AvgIpc) is 2.54. The Morgan fingerprint density at radius 2 is 1.62 bits per heavy atom. The summed E-state index contributed by atoms with van der Waals surface area (Å²) >= 11 is 0. The van der Waals surface area contributed by atoms with Crippen LogP contribution in [0.25, 0.3) is 0 Å². The molecule has 2 rings (SSSR count). The normalized spacial score (nSPS) is 12.1. The second-order valence-corrected chi connectivity index (χ2v) is 5.11. The first-order chi connectivity index (χ1) is 10.2. The molecule has 1 atom stereocenters. The van der Waals surface area contributed by atoms with Gasteiger partial charge in [-0.3, -0.25) is 0 Å². The highest BCUT2D eigenvalue weighted by Gasteiger charge is 2.03. The first-order valence-corrected chi connectivity index (χ1v) is 7.37. The quantitative estimate of drug-likeness (QED) is 0.819. The van der Waals surface area contributed by atoms with Crippen molar-refractivity contribution < 1.29 is 9.84 Å². The van der Waals surface area contributed by atoms with Gasteiger partial charge in [-0.15, -0.1) is 0 Å². The Balaban J connectivity index is 1.90. The fourth-order valence-corrected chi connectivity index (χ4v) is 2.18. The van der Waals surface area contributed by atoms with Crippen molar-refractivity contribution in [2.75, 3.05) is 6.54 Å². The van der Waals surface area contributed by atoms with Crippen molar-refractivity contribution in [3.63, 3.8) is 0 Å². The van der Waals surface area contributed by atoms with Crippen LogP contribution in [0.4, 0.5) is 0 Å². The SMILES string of the molecule is CCNC(C)c1ccc(OCc2ccc(CO)cc2)cc1. The van der Waals surface area contributed by atoms with E-state index in [4.69, 9.17) is 9.84 Å². The lowest BCUT2D eigenvalue weighted by molar-refractivity contribution is 0.281. The first-order valence-electron chi connectivity index (χ1n) is 7.37. The van der Waals surface area contributed by atoms with Crippen molar-refractivity contribution in [1.29, 1.82) is 0 Å². The van der Waals surface area contributed by atoms with Crippen molar-refractivity contribution in [3.05, 3.63) is 65.2 Å². The van der Waals surface area contributed by atoms with Gasteiger partial charge >= 0.3 is 0 Å². The van der Waals surface area contributed by atoms with Crippen LogP contribution in [-0.2, 0) is 13.2 Å². The van der Waals surface area contributed by atoms with Crippen molar-refractivity contribution >= 4 is 0 Å². The Bertz CT molecular complexity index is 534. The predicted molar refractivity (Wildman–Crippen MR) is 85.2 cm³/mol. The van der Waals surface area contributed by atoms with E-state index in [0.717, 1.165) is 23.4 Å². The second kappa shape index (κ2) is 7.81. The van der Waals surface area contributed by atoms with Crippen LogP contribution < -0.4 is 10.1 Å². The highest BCUT2D eigenvalue weighted by Crippen LogP contribution is 2.18. The van der Waals surface area contributed by atoms with Gasteiger partial charge in [-0.25, -0.2) is 0 Å². The minimum atomic E-state index is 0.0760. The smallest absolute Gasteiger partial charge is 0.119 e. The maximum Gasteiger partial charge on any atom is 0.119 e. The van der Waals surface area contributed by atoms with Gasteiger partial charge in [-0.2, -0.15) is 0 Å². The molecule has 2 aromatic rings. The lowest BCUT2D eigenvalue weighted by Crippen LogP contribution is -2.17. The van der Waals surface area contributed by atoms with E-state index in [9.17, 15) is 0 Å². The van der Waals surface area contributed by atoms with Crippen LogP contribution in [0, 0.1) is 0 Å². The minimum Gasteiger partial charge on any atom is -0.489 e. The maximum absolute atomic E-state index is 9.01.